The number of aromatic nitrogens is 4. The molecule has 1 aliphatic rings. The summed E-state index contributed by atoms with van der Waals surface area (Å²) in [5.41, 5.74) is 1.24. The van der Waals surface area contributed by atoms with Crippen LogP contribution in [0.1, 0.15) is 43.8 Å². The lowest BCUT2D eigenvalue weighted by molar-refractivity contribution is 0.356. The summed E-state index contributed by atoms with van der Waals surface area (Å²) in [5.74, 6) is 1.01. The zero-order chi connectivity index (χ0) is 13.8. The molecule has 5 heteroatoms. The number of hydrogen-bond donors (Lipinski definition) is 1. The first-order chi connectivity index (χ1) is 9.84. The van der Waals surface area contributed by atoms with Gasteiger partial charge >= 0.3 is 0 Å². The van der Waals surface area contributed by atoms with E-state index in [4.69, 9.17) is 0 Å². The molecule has 0 bridgehead atoms. The first-order valence-electron chi connectivity index (χ1n) is 7.58. The number of nitrogens with zero attached hydrogens (tertiary/aromatic N) is 4. The van der Waals surface area contributed by atoms with Crippen LogP contribution in [0, 0.1) is 0 Å². The van der Waals surface area contributed by atoms with Crippen LogP contribution in [0.25, 0.3) is 0 Å². The van der Waals surface area contributed by atoms with Gasteiger partial charge in [0, 0.05) is 50.3 Å². The van der Waals surface area contributed by atoms with Gasteiger partial charge in [-0.15, -0.1) is 0 Å². The summed E-state index contributed by atoms with van der Waals surface area (Å²) in [4.78, 5) is 4.46. The molecule has 0 radical (unpaired) electrons. The van der Waals surface area contributed by atoms with E-state index < -0.39 is 0 Å². The van der Waals surface area contributed by atoms with E-state index in [9.17, 15) is 0 Å². The minimum absolute atomic E-state index is 0.630. The molecule has 2 aromatic rings. The van der Waals surface area contributed by atoms with E-state index in [1.807, 2.05) is 24.1 Å². The lowest BCUT2D eigenvalue weighted by atomic mass is 9.95. The van der Waals surface area contributed by atoms with Gasteiger partial charge in [0.15, 0.2) is 0 Å². The summed E-state index contributed by atoms with van der Waals surface area (Å²) in [7, 11) is 1.98. The van der Waals surface area contributed by atoms with Crippen LogP contribution in [-0.4, -0.2) is 25.9 Å². The molecule has 0 aliphatic heterocycles. The fourth-order valence-electron chi connectivity index (χ4n) is 3.05. The van der Waals surface area contributed by atoms with Gasteiger partial charge in [-0.3, -0.25) is 4.68 Å². The van der Waals surface area contributed by atoms with Gasteiger partial charge < -0.3 is 9.88 Å². The van der Waals surface area contributed by atoms with Crippen molar-refractivity contribution in [3.8, 4) is 0 Å². The molecule has 3 rings (SSSR count). The first-order valence-corrected chi connectivity index (χ1v) is 7.58. The van der Waals surface area contributed by atoms with E-state index in [-0.39, 0.29) is 0 Å². The molecule has 1 N–H and O–H groups in total. The number of aryl methyl sites for hydroxylation is 1. The molecule has 1 saturated carbocycles. The number of hydrogen-bond acceptors (Lipinski definition) is 3. The van der Waals surface area contributed by atoms with E-state index in [0.29, 0.717) is 6.04 Å². The minimum atomic E-state index is 0.630. The summed E-state index contributed by atoms with van der Waals surface area (Å²) in [6, 6.07) is 2.69. The van der Waals surface area contributed by atoms with E-state index in [0.717, 1.165) is 18.9 Å². The van der Waals surface area contributed by atoms with Crippen molar-refractivity contribution in [1.82, 2.24) is 19.3 Å². The molecule has 0 aromatic carbocycles. The van der Waals surface area contributed by atoms with Crippen LogP contribution < -0.4 is 5.32 Å². The van der Waals surface area contributed by atoms with Crippen molar-refractivity contribution >= 4 is 5.95 Å². The van der Waals surface area contributed by atoms with Crippen LogP contribution in [0.5, 0.6) is 0 Å². The van der Waals surface area contributed by atoms with Gasteiger partial charge in [-0.2, -0.15) is 5.10 Å². The van der Waals surface area contributed by atoms with Crippen molar-refractivity contribution in [2.45, 2.75) is 44.6 Å². The molecule has 108 valence electrons. The largest absolute Gasteiger partial charge is 0.355 e. The van der Waals surface area contributed by atoms with Crippen LogP contribution >= 0.6 is 0 Å². The Labute approximate surface area is 120 Å². The summed E-state index contributed by atoms with van der Waals surface area (Å²) in [6.45, 7) is 0.892. The fraction of sp³-hybridized carbons (Fsp3) is 0.600. The van der Waals surface area contributed by atoms with Gasteiger partial charge in [-0.25, -0.2) is 4.98 Å². The number of nitrogens with one attached hydrogen (secondary N) is 1. The maximum Gasteiger partial charge on any atom is 0.203 e. The van der Waals surface area contributed by atoms with Crippen molar-refractivity contribution in [2.75, 3.05) is 11.9 Å². The summed E-state index contributed by atoms with van der Waals surface area (Å²) in [5, 5.41) is 7.66. The van der Waals surface area contributed by atoms with Gasteiger partial charge in [-0.1, -0.05) is 19.3 Å². The molecule has 2 heterocycles. The molecule has 0 amide bonds. The molecule has 0 unspecified atom stereocenters. The summed E-state index contributed by atoms with van der Waals surface area (Å²) in [6.07, 6.45) is 13.5. The number of rotatable bonds is 5. The van der Waals surface area contributed by atoms with E-state index >= 15 is 0 Å². The number of imidazole rings is 1. The second kappa shape index (κ2) is 6.11. The summed E-state index contributed by atoms with van der Waals surface area (Å²) < 4.78 is 4.25. The monoisotopic (exact) mass is 273 g/mol. The van der Waals surface area contributed by atoms with Crippen LogP contribution in [0.3, 0.4) is 0 Å². The van der Waals surface area contributed by atoms with Gasteiger partial charge in [0.1, 0.15) is 0 Å². The Hall–Kier alpha value is -1.78. The van der Waals surface area contributed by atoms with Crippen molar-refractivity contribution < 1.29 is 0 Å². The fourth-order valence-corrected chi connectivity index (χ4v) is 3.05. The van der Waals surface area contributed by atoms with Gasteiger partial charge in [0.25, 0.3) is 0 Å². The Balaban J connectivity index is 1.58. The van der Waals surface area contributed by atoms with Gasteiger partial charge in [0.05, 0.1) is 0 Å². The second-order valence-electron chi connectivity index (χ2n) is 5.57. The standard InChI is InChI=1S/C15H23N5/c1-19-13(8-10-18-19)7-9-16-15-17-11-12-20(15)14-5-3-2-4-6-14/h8,10-12,14H,2-7,9H2,1H3,(H,16,17). The van der Waals surface area contributed by atoms with Crippen molar-refractivity contribution in [3.63, 3.8) is 0 Å². The highest BCUT2D eigenvalue weighted by molar-refractivity contribution is 5.27. The Morgan fingerprint density at radius 1 is 1.25 bits per heavy atom. The van der Waals surface area contributed by atoms with Gasteiger partial charge in [-0.05, 0) is 18.9 Å². The lowest BCUT2D eigenvalue weighted by Gasteiger charge is -2.24. The van der Waals surface area contributed by atoms with Crippen LogP contribution in [0.2, 0.25) is 0 Å². The Kier molecular flexibility index (Phi) is 4.04. The van der Waals surface area contributed by atoms with Crippen molar-refractivity contribution in [2.24, 2.45) is 7.05 Å². The Morgan fingerprint density at radius 2 is 2.10 bits per heavy atom. The Morgan fingerprint density at radius 3 is 2.85 bits per heavy atom. The first kappa shape index (κ1) is 13.2. The SMILES string of the molecule is Cn1nccc1CCNc1nccn1C1CCCCC1. The molecular weight excluding hydrogens is 250 g/mol. The summed E-state index contributed by atoms with van der Waals surface area (Å²) >= 11 is 0. The Bertz CT molecular complexity index is 536. The normalized spacial score (nSPS) is 16.4. The van der Waals surface area contributed by atoms with Crippen molar-refractivity contribution in [3.05, 3.63) is 30.4 Å². The van der Waals surface area contributed by atoms with Crippen molar-refractivity contribution in [1.29, 1.82) is 0 Å². The van der Waals surface area contributed by atoms with Crippen LogP contribution in [0.4, 0.5) is 5.95 Å². The molecule has 1 fully saturated rings. The molecule has 2 aromatic heterocycles. The van der Waals surface area contributed by atoms with Crippen LogP contribution in [0.15, 0.2) is 24.7 Å². The third-order valence-electron chi connectivity index (χ3n) is 4.22. The second-order valence-corrected chi connectivity index (χ2v) is 5.57. The molecule has 0 saturated heterocycles. The third kappa shape index (κ3) is 2.86. The average molecular weight is 273 g/mol. The molecule has 0 atom stereocenters. The van der Waals surface area contributed by atoms with Gasteiger partial charge in [0.2, 0.25) is 5.95 Å². The van der Waals surface area contributed by atoms with E-state index in [1.165, 1.54) is 37.8 Å². The lowest BCUT2D eigenvalue weighted by Crippen LogP contribution is -2.17. The topological polar surface area (TPSA) is 47.7 Å². The van der Waals surface area contributed by atoms with E-state index in [2.05, 4.69) is 32.2 Å². The molecule has 5 nitrogen and oxygen atoms in total. The highest BCUT2D eigenvalue weighted by Gasteiger charge is 2.17. The maximum atomic E-state index is 4.46. The number of anilines is 1. The minimum Gasteiger partial charge on any atom is -0.355 e. The highest BCUT2D eigenvalue weighted by atomic mass is 15.3. The smallest absolute Gasteiger partial charge is 0.203 e. The molecular formula is C15H23N5. The van der Waals surface area contributed by atoms with E-state index in [1.54, 1.807) is 0 Å². The quantitative estimate of drug-likeness (QED) is 0.911. The predicted octanol–water partition coefficient (Wildman–Crippen LogP) is 2.78. The predicted molar refractivity (Wildman–Crippen MR) is 79.8 cm³/mol. The molecule has 20 heavy (non-hydrogen) atoms. The zero-order valence-corrected chi connectivity index (χ0v) is 12.1. The van der Waals surface area contributed by atoms with Crippen LogP contribution in [-0.2, 0) is 13.5 Å². The highest BCUT2D eigenvalue weighted by Crippen LogP contribution is 2.30. The maximum absolute atomic E-state index is 4.46. The molecule has 1 aliphatic carbocycles. The third-order valence-corrected chi connectivity index (χ3v) is 4.22. The molecule has 0 spiro atoms. The average Bonchev–Trinajstić information content (AvgIpc) is 3.10. The zero-order valence-electron chi connectivity index (χ0n) is 12.1.